The van der Waals surface area contributed by atoms with E-state index in [0.29, 0.717) is 0 Å². The van der Waals surface area contributed by atoms with E-state index in [0.717, 1.165) is 17.9 Å². The molecule has 2 aromatic rings. The fraction of sp³-hybridized carbons (Fsp3) is 0.500. The first-order chi connectivity index (χ1) is 10.1. The molecule has 1 N–H and O–H groups in total. The molecule has 114 valence electrons. The molecule has 21 heavy (non-hydrogen) atoms. The maximum absolute atomic E-state index is 5.52. The number of nitrogens with zero attached hydrogens (tertiary/aromatic N) is 3. The van der Waals surface area contributed by atoms with Gasteiger partial charge in [0.05, 0.1) is 19.3 Å². The highest BCUT2D eigenvalue weighted by Gasteiger charge is 2.25. The van der Waals surface area contributed by atoms with Crippen molar-refractivity contribution in [3.63, 3.8) is 0 Å². The Balaban J connectivity index is 2.58. The van der Waals surface area contributed by atoms with E-state index in [4.69, 9.17) is 4.74 Å². The summed E-state index contributed by atoms with van der Waals surface area (Å²) < 4.78 is 7.53. The van der Waals surface area contributed by atoms with E-state index in [2.05, 4.69) is 42.2 Å². The van der Waals surface area contributed by atoms with Gasteiger partial charge in [0.1, 0.15) is 5.69 Å². The maximum atomic E-state index is 5.52. The number of hydrogen-bond acceptors (Lipinski definition) is 4. The van der Waals surface area contributed by atoms with Gasteiger partial charge in [0.25, 0.3) is 0 Å². The molecule has 0 saturated heterocycles. The van der Waals surface area contributed by atoms with E-state index in [1.54, 1.807) is 13.3 Å². The average Bonchev–Trinajstić information content (AvgIpc) is 2.92. The summed E-state index contributed by atoms with van der Waals surface area (Å²) in [6.07, 6.45) is 6.50. The Morgan fingerprint density at radius 1 is 1.33 bits per heavy atom. The van der Waals surface area contributed by atoms with Crippen molar-refractivity contribution in [2.45, 2.75) is 39.3 Å². The number of ether oxygens (including phenoxy) is 1. The number of nitrogens with one attached hydrogen (secondary N) is 1. The summed E-state index contributed by atoms with van der Waals surface area (Å²) in [5.41, 5.74) is 3.50. The first kappa shape index (κ1) is 15.5. The van der Waals surface area contributed by atoms with Crippen LogP contribution >= 0.6 is 0 Å². The molecule has 5 nitrogen and oxygen atoms in total. The monoisotopic (exact) mass is 288 g/mol. The molecule has 1 atom stereocenters. The first-order valence-corrected chi connectivity index (χ1v) is 7.35. The Morgan fingerprint density at radius 2 is 2.10 bits per heavy atom. The largest absolute Gasteiger partial charge is 0.493 e. The van der Waals surface area contributed by atoms with Gasteiger partial charge in [-0.1, -0.05) is 6.92 Å². The summed E-state index contributed by atoms with van der Waals surface area (Å²) in [6.45, 7) is 6.39. The van der Waals surface area contributed by atoms with Gasteiger partial charge in [0, 0.05) is 18.4 Å². The van der Waals surface area contributed by atoms with Crippen LogP contribution in [0, 0.1) is 0 Å². The Kier molecular flexibility index (Phi) is 4.96. The lowest BCUT2D eigenvalue weighted by Crippen LogP contribution is -2.24. The van der Waals surface area contributed by atoms with Crippen LogP contribution in [0.2, 0.25) is 0 Å². The van der Waals surface area contributed by atoms with Gasteiger partial charge in [-0.3, -0.25) is 9.67 Å². The molecule has 1 unspecified atom stereocenters. The van der Waals surface area contributed by atoms with Crippen LogP contribution in [-0.4, -0.2) is 28.9 Å². The molecule has 0 aromatic carbocycles. The highest BCUT2D eigenvalue weighted by molar-refractivity contribution is 5.39. The first-order valence-electron chi connectivity index (χ1n) is 7.35. The number of methoxy groups -OCH3 is 1. The molecule has 2 rings (SSSR count). The van der Waals surface area contributed by atoms with Crippen LogP contribution in [0.25, 0.3) is 0 Å². The molecular formula is C16H24N4O. The molecule has 0 aliphatic rings. The van der Waals surface area contributed by atoms with E-state index >= 15 is 0 Å². The molecular weight excluding hydrogens is 264 g/mol. The highest BCUT2D eigenvalue weighted by atomic mass is 16.5. The van der Waals surface area contributed by atoms with E-state index in [1.807, 2.05) is 24.1 Å². The minimum atomic E-state index is 0.0304. The molecule has 5 heteroatoms. The predicted octanol–water partition coefficient (Wildman–Crippen LogP) is 2.74. The van der Waals surface area contributed by atoms with E-state index < -0.39 is 0 Å². The van der Waals surface area contributed by atoms with E-state index in [-0.39, 0.29) is 12.1 Å². The Bertz CT molecular complexity index is 592. The molecule has 0 amide bonds. The summed E-state index contributed by atoms with van der Waals surface area (Å²) in [6, 6.07) is 2.37. The average molecular weight is 288 g/mol. The van der Waals surface area contributed by atoms with Gasteiger partial charge < -0.3 is 10.1 Å². The van der Waals surface area contributed by atoms with Crippen molar-refractivity contribution in [2.24, 2.45) is 0 Å². The molecule has 0 bridgehead atoms. The number of hydrogen-bond donors (Lipinski definition) is 1. The zero-order chi connectivity index (χ0) is 15.4. The van der Waals surface area contributed by atoms with Crippen LogP contribution in [0.15, 0.2) is 24.7 Å². The SMILES string of the molecule is CCc1cnccc1C(NC)c1c(OC)cnn1C(C)C. The quantitative estimate of drug-likeness (QED) is 0.888. The van der Waals surface area contributed by atoms with Gasteiger partial charge >= 0.3 is 0 Å². The number of aryl methyl sites for hydroxylation is 1. The van der Waals surface area contributed by atoms with Crippen molar-refractivity contribution in [2.75, 3.05) is 14.2 Å². The van der Waals surface area contributed by atoms with Crippen molar-refractivity contribution in [3.05, 3.63) is 41.5 Å². The van der Waals surface area contributed by atoms with Crippen molar-refractivity contribution >= 4 is 0 Å². The molecule has 0 aliphatic heterocycles. The summed E-state index contributed by atoms with van der Waals surface area (Å²) >= 11 is 0. The molecule has 2 heterocycles. The molecule has 0 radical (unpaired) electrons. The third-order valence-electron chi connectivity index (χ3n) is 3.70. The van der Waals surface area contributed by atoms with Crippen molar-refractivity contribution < 1.29 is 4.74 Å². The summed E-state index contributed by atoms with van der Waals surface area (Å²) in [4.78, 5) is 4.23. The summed E-state index contributed by atoms with van der Waals surface area (Å²) in [7, 11) is 3.65. The predicted molar refractivity (Wildman–Crippen MR) is 83.7 cm³/mol. The smallest absolute Gasteiger partial charge is 0.161 e. The van der Waals surface area contributed by atoms with Crippen LogP contribution in [0.1, 0.15) is 49.7 Å². The molecule has 0 aliphatic carbocycles. The van der Waals surface area contributed by atoms with E-state index in [9.17, 15) is 0 Å². The van der Waals surface area contributed by atoms with Crippen LogP contribution in [-0.2, 0) is 6.42 Å². The number of rotatable bonds is 6. The fourth-order valence-electron chi connectivity index (χ4n) is 2.65. The van der Waals surface area contributed by atoms with Gasteiger partial charge in [-0.15, -0.1) is 0 Å². The van der Waals surface area contributed by atoms with Gasteiger partial charge in [0.15, 0.2) is 5.75 Å². The third-order valence-corrected chi connectivity index (χ3v) is 3.70. The van der Waals surface area contributed by atoms with Crippen LogP contribution < -0.4 is 10.1 Å². The highest BCUT2D eigenvalue weighted by Crippen LogP contribution is 2.33. The van der Waals surface area contributed by atoms with Crippen molar-refractivity contribution in [3.8, 4) is 5.75 Å². The van der Waals surface area contributed by atoms with Gasteiger partial charge in [-0.25, -0.2) is 0 Å². The van der Waals surface area contributed by atoms with Crippen molar-refractivity contribution in [1.82, 2.24) is 20.1 Å². The summed E-state index contributed by atoms with van der Waals surface area (Å²) in [5, 5.41) is 7.87. The second-order valence-electron chi connectivity index (χ2n) is 5.29. The molecule has 0 saturated carbocycles. The minimum Gasteiger partial charge on any atom is -0.493 e. The second-order valence-corrected chi connectivity index (χ2v) is 5.29. The van der Waals surface area contributed by atoms with Crippen LogP contribution in [0.5, 0.6) is 5.75 Å². The van der Waals surface area contributed by atoms with Gasteiger partial charge in [0.2, 0.25) is 0 Å². The lowest BCUT2D eigenvalue weighted by atomic mass is 9.98. The second kappa shape index (κ2) is 6.72. The Morgan fingerprint density at radius 3 is 2.67 bits per heavy atom. The number of pyridine rings is 1. The normalized spacial score (nSPS) is 12.7. The van der Waals surface area contributed by atoms with Gasteiger partial charge in [-0.2, -0.15) is 5.10 Å². The zero-order valence-corrected chi connectivity index (χ0v) is 13.4. The van der Waals surface area contributed by atoms with Crippen LogP contribution in [0.3, 0.4) is 0 Å². The van der Waals surface area contributed by atoms with Gasteiger partial charge in [-0.05, 0) is 44.5 Å². The topological polar surface area (TPSA) is 52.0 Å². The summed E-state index contributed by atoms with van der Waals surface area (Å²) in [5.74, 6) is 0.807. The maximum Gasteiger partial charge on any atom is 0.161 e. The van der Waals surface area contributed by atoms with Crippen LogP contribution in [0.4, 0.5) is 0 Å². The van der Waals surface area contributed by atoms with Crippen molar-refractivity contribution in [1.29, 1.82) is 0 Å². The standard InChI is InChI=1S/C16H24N4O/c1-6-12-9-18-8-7-13(12)15(17-4)16-14(21-5)10-19-20(16)11(2)3/h7-11,15,17H,6H2,1-5H3. The molecule has 0 spiro atoms. The lowest BCUT2D eigenvalue weighted by molar-refractivity contribution is 0.396. The third kappa shape index (κ3) is 2.93. The molecule has 0 fully saturated rings. The fourth-order valence-corrected chi connectivity index (χ4v) is 2.65. The lowest BCUT2D eigenvalue weighted by Gasteiger charge is -2.23. The van der Waals surface area contributed by atoms with E-state index in [1.165, 1.54) is 11.1 Å². The zero-order valence-electron chi connectivity index (χ0n) is 13.4. The Labute approximate surface area is 126 Å². The minimum absolute atomic E-state index is 0.0304. The molecule has 2 aromatic heterocycles. The number of aromatic nitrogens is 3. The Hall–Kier alpha value is -1.88.